The van der Waals surface area contributed by atoms with Crippen LogP contribution in [0.1, 0.15) is 89.5 Å². The molecule has 1 aromatic carbocycles. The fraction of sp³-hybridized carbons (Fsp3) is 0.720. The summed E-state index contributed by atoms with van der Waals surface area (Å²) in [5.41, 5.74) is 1.28. The molecule has 0 radical (unpaired) electrons. The van der Waals surface area contributed by atoms with Crippen molar-refractivity contribution in [1.29, 1.82) is 0 Å². The summed E-state index contributed by atoms with van der Waals surface area (Å²) in [5, 5.41) is 3.11. The number of nitrogens with zero attached hydrogens (tertiary/aromatic N) is 1. The first-order chi connectivity index (χ1) is 13.5. The number of benzene rings is 1. The van der Waals surface area contributed by atoms with E-state index in [-0.39, 0.29) is 18.3 Å². The van der Waals surface area contributed by atoms with Gasteiger partial charge in [-0.25, -0.2) is 0 Å². The number of carbonyl (C=O) groups excluding carboxylic acids is 1. The van der Waals surface area contributed by atoms with E-state index in [1.165, 1.54) is 76.2 Å². The van der Waals surface area contributed by atoms with Gasteiger partial charge in [0, 0.05) is 12.1 Å². The zero-order chi connectivity index (χ0) is 20.5. The average Bonchev–Trinajstić information content (AvgIpc) is 2.65. The molecule has 168 valence electrons. The molecule has 0 fully saturated rings. The second kappa shape index (κ2) is 17.8. The predicted octanol–water partition coefficient (Wildman–Crippen LogP) is 3.08. The van der Waals surface area contributed by atoms with Crippen molar-refractivity contribution >= 4 is 5.91 Å². The summed E-state index contributed by atoms with van der Waals surface area (Å²) in [6.07, 6.45) is 16.2. The van der Waals surface area contributed by atoms with Crippen LogP contribution >= 0.6 is 0 Å². The molecule has 0 atom stereocenters. The van der Waals surface area contributed by atoms with E-state index in [0.717, 1.165) is 19.5 Å². The molecular weight excluding hydrogens is 380 g/mol. The fourth-order valence-electron chi connectivity index (χ4n) is 3.77. The van der Waals surface area contributed by atoms with Gasteiger partial charge in [-0.3, -0.25) is 4.79 Å². The van der Waals surface area contributed by atoms with Crippen molar-refractivity contribution in [2.45, 2.75) is 90.5 Å². The molecule has 0 bridgehead atoms. The minimum atomic E-state index is 0. The van der Waals surface area contributed by atoms with Gasteiger partial charge in [0.05, 0.1) is 14.1 Å². The number of rotatable bonds is 17. The fourth-order valence-corrected chi connectivity index (χ4v) is 3.77. The maximum atomic E-state index is 12.2. The van der Waals surface area contributed by atoms with E-state index >= 15 is 0 Å². The minimum absolute atomic E-state index is 0. The first-order valence-electron chi connectivity index (χ1n) is 11.7. The number of amides is 1. The van der Waals surface area contributed by atoms with E-state index in [2.05, 4.69) is 50.6 Å². The van der Waals surface area contributed by atoms with E-state index in [0.29, 0.717) is 11.0 Å². The standard InChI is InChI=1S/C25H44N2O.ClH/c1-4-5-6-7-8-9-10-11-12-13-14-18-21-26-25(28)23-27(2,3)22-24-19-16-15-17-20-24;/h15-17,19-20H,4-14,18,21-23H2,1-3H3;1H. The number of hydrogen-bond acceptors (Lipinski definition) is 1. The number of hydrogen-bond donors (Lipinski definition) is 1. The molecule has 3 nitrogen and oxygen atoms in total. The Morgan fingerprint density at radius 1 is 0.793 bits per heavy atom. The summed E-state index contributed by atoms with van der Waals surface area (Å²) in [4.78, 5) is 12.2. The molecule has 1 rings (SSSR count). The van der Waals surface area contributed by atoms with Gasteiger partial charge in [-0.15, -0.1) is 0 Å². The highest BCUT2D eigenvalue weighted by Gasteiger charge is 2.20. The molecule has 1 amide bonds. The average molecular weight is 425 g/mol. The highest BCUT2D eigenvalue weighted by molar-refractivity contribution is 5.77. The summed E-state index contributed by atoms with van der Waals surface area (Å²) in [6, 6.07) is 10.4. The second-order valence-electron chi connectivity index (χ2n) is 8.98. The van der Waals surface area contributed by atoms with E-state index in [9.17, 15) is 4.79 Å². The van der Waals surface area contributed by atoms with Crippen molar-refractivity contribution in [1.82, 2.24) is 5.32 Å². The van der Waals surface area contributed by atoms with Crippen molar-refractivity contribution in [2.75, 3.05) is 27.2 Å². The Labute approximate surface area is 186 Å². The lowest BCUT2D eigenvalue weighted by Crippen LogP contribution is -3.00. The molecule has 4 heteroatoms. The first-order valence-corrected chi connectivity index (χ1v) is 11.7. The summed E-state index contributed by atoms with van der Waals surface area (Å²) in [7, 11) is 4.24. The molecule has 29 heavy (non-hydrogen) atoms. The van der Waals surface area contributed by atoms with E-state index in [4.69, 9.17) is 0 Å². The van der Waals surface area contributed by atoms with Crippen LogP contribution in [0.2, 0.25) is 0 Å². The third-order valence-corrected chi connectivity index (χ3v) is 5.38. The van der Waals surface area contributed by atoms with Crippen LogP contribution < -0.4 is 17.7 Å². The topological polar surface area (TPSA) is 29.1 Å². The van der Waals surface area contributed by atoms with Crippen LogP contribution in [0, 0.1) is 0 Å². The van der Waals surface area contributed by atoms with Crippen molar-refractivity contribution in [3.05, 3.63) is 35.9 Å². The Kier molecular flexibility index (Phi) is 17.1. The lowest BCUT2D eigenvalue weighted by molar-refractivity contribution is -0.895. The first kappa shape index (κ1) is 27.9. The maximum absolute atomic E-state index is 12.2. The quantitative estimate of drug-likeness (QED) is 0.302. The Balaban J connectivity index is 0.00000784. The smallest absolute Gasteiger partial charge is 0.275 e. The zero-order valence-electron chi connectivity index (χ0n) is 19.2. The summed E-state index contributed by atoms with van der Waals surface area (Å²) < 4.78 is 0.689. The molecule has 0 saturated carbocycles. The van der Waals surface area contributed by atoms with Gasteiger partial charge in [-0.2, -0.15) is 0 Å². The monoisotopic (exact) mass is 424 g/mol. The number of likely N-dealkylation sites (N-methyl/N-ethyl adjacent to an activating group) is 1. The van der Waals surface area contributed by atoms with Crippen LogP contribution in [0.15, 0.2) is 30.3 Å². The molecule has 0 aliphatic rings. The largest absolute Gasteiger partial charge is 1.00 e. The third-order valence-electron chi connectivity index (χ3n) is 5.38. The van der Waals surface area contributed by atoms with E-state index in [1.54, 1.807) is 0 Å². The number of unbranched alkanes of at least 4 members (excludes halogenated alkanes) is 11. The van der Waals surface area contributed by atoms with Gasteiger partial charge >= 0.3 is 0 Å². The van der Waals surface area contributed by atoms with Gasteiger partial charge < -0.3 is 22.2 Å². The Morgan fingerprint density at radius 2 is 1.28 bits per heavy atom. The normalized spacial score (nSPS) is 11.1. The molecule has 0 spiro atoms. The summed E-state index contributed by atoms with van der Waals surface area (Å²) >= 11 is 0. The van der Waals surface area contributed by atoms with Crippen LogP contribution in [-0.2, 0) is 11.3 Å². The van der Waals surface area contributed by atoms with Gasteiger partial charge in [0.1, 0.15) is 6.54 Å². The minimum Gasteiger partial charge on any atom is -1.00 e. The van der Waals surface area contributed by atoms with Gasteiger partial charge in [0.2, 0.25) is 0 Å². The van der Waals surface area contributed by atoms with Gasteiger partial charge in [-0.05, 0) is 6.42 Å². The van der Waals surface area contributed by atoms with E-state index in [1.807, 2.05) is 6.07 Å². The van der Waals surface area contributed by atoms with Crippen molar-refractivity contribution in [3.8, 4) is 0 Å². The van der Waals surface area contributed by atoms with Crippen molar-refractivity contribution < 1.29 is 21.7 Å². The van der Waals surface area contributed by atoms with Crippen LogP contribution in [0.25, 0.3) is 0 Å². The Hall–Kier alpha value is -1.06. The SMILES string of the molecule is CCCCCCCCCCCCCCNC(=O)C[N+](C)(C)Cc1ccccc1.[Cl-]. The van der Waals surface area contributed by atoms with Crippen LogP contribution in [-0.4, -0.2) is 37.6 Å². The predicted molar refractivity (Wildman–Crippen MR) is 121 cm³/mol. The summed E-state index contributed by atoms with van der Waals surface area (Å²) in [6.45, 7) is 4.51. The van der Waals surface area contributed by atoms with Gasteiger partial charge in [-0.1, -0.05) is 108 Å². The van der Waals surface area contributed by atoms with Gasteiger partial charge in [0.25, 0.3) is 5.91 Å². The second-order valence-corrected chi connectivity index (χ2v) is 8.98. The molecular formula is C25H45ClN2O. The Bertz CT molecular complexity index is 505. The van der Waals surface area contributed by atoms with Gasteiger partial charge in [0.15, 0.2) is 6.54 Å². The highest BCUT2D eigenvalue weighted by atomic mass is 35.5. The molecule has 0 heterocycles. The number of nitrogens with one attached hydrogen (secondary N) is 1. The molecule has 0 aromatic heterocycles. The molecule has 0 unspecified atom stereocenters. The van der Waals surface area contributed by atoms with Crippen LogP contribution in [0.4, 0.5) is 0 Å². The number of quaternary nitrogens is 1. The highest BCUT2D eigenvalue weighted by Crippen LogP contribution is 2.12. The molecule has 1 N–H and O–H groups in total. The summed E-state index contributed by atoms with van der Waals surface area (Å²) in [5.74, 6) is 0.170. The third kappa shape index (κ3) is 16.4. The Morgan fingerprint density at radius 3 is 1.79 bits per heavy atom. The van der Waals surface area contributed by atoms with Crippen LogP contribution in [0.5, 0.6) is 0 Å². The van der Waals surface area contributed by atoms with Crippen molar-refractivity contribution in [3.63, 3.8) is 0 Å². The number of halogens is 1. The van der Waals surface area contributed by atoms with Crippen molar-refractivity contribution in [2.24, 2.45) is 0 Å². The molecule has 0 saturated heterocycles. The van der Waals surface area contributed by atoms with Crippen LogP contribution in [0.3, 0.4) is 0 Å². The number of carbonyl (C=O) groups is 1. The van der Waals surface area contributed by atoms with E-state index < -0.39 is 0 Å². The lowest BCUT2D eigenvalue weighted by atomic mass is 10.1. The maximum Gasteiger partial charge on any atom is 0.275 e. The molecule has 0 aliphatic heterocycles. The molecule has 0 aliphatic carbocycles. The zero-order valence-corrected chi connectivity index (χ0v) is 20.0. The lowest BCUT2D eigenvalue weighted by Gasteiger charge is -2.29. The molecule has 1 aromatic rings.